The minimum absolute atomic E-state index is 0.0899. The Hall–Kier alpha value is -1.78. The third-order valence-corrected chi connectivity index (χ3v) is 4.97. The predicted octanol–water partition coefficient (Wildman–Crippen LogP) is 2.44. The van der Waals surface area contributed by atoms with Gasteiger partial charge in [-0.15, -0.1) is 0 Å². The zero-order chi connectivity index (χ0) is 14.0. The molecule has 19 heavy (non-hydrogen) atoms. The van der Waals surface area contributed by atoms with Gasteiger partial charge in [-0.2, -0.15) is 9.64 Å². The molecule has 2 rings (SSSR count). The molecule has 1 aromatic heterocycles. The van der Waals surface area contributed by atoms with E-state index in [9.17, 15) is 12.8 Å². The molecular weight excluding hydrogens is 287 g/mol. The second kappa shape index (κ2) is 5.07. The number of sulfone groups is 1. The van der Waals surface area contributed by atoms with Crippen LogP contribution in [0.5, 0.6) is 0 Å². The molecule has 1 aromatic carbocycles. The van der Waals surface area contributed by atoms with Gasteiger partial charge >= 0.3 is 0 Å². The third-order valence-electron chi connectivity index (χ3n) is 2.51. The Morgan fingerprint density at radius 2 is 2.00 bits per heavy atom. The smallest absolute Gasteiger partial charge is 0.202 e. The van der Waals surface area contributed by atoms with Crippen LogP contribution in [0, 0.1) is 24.1 Å². The SMILES string of the molecule is Cc1snc(S(=O)(=O)Cc2ccc(F)cc2)c1C#N. The van der Waals surface area contributed by atoms with Gasteiger partial charge in [0.2, 0.25) is 9.84 Å². The number of aryl methyl sites for hydroxylation is 1. The fourth-order valence-electron chi connectivity index (χ4n) is 1.56. The summed E-state index contributed by atoms with van der Waals surface area (Å²) in [5, 5.41) is 8.76. The van der Waals surface area contributed by atoms with Crippen LogP contribution < -0.4 is 0 Å². The van der Waals surface area contributed by atoms with Gasteiger partial charge in [0.25, 0.3) is 0 Å². The summed E-state index contributed by atoms with van der Waals surface area (Å²) in [5.41, 5.74) is 0.544. The van der Waals surface area contributed by atoms with Gasteiger partial charge in [-0.25, -0.2) is 12.8 Å². The molecule has 7 heteroatoms. The first kappa shape index (κ1) is 13.6. The highest BCUT2D eigenvalue weighted by molar-refractivity contribution is 7.90. The summed E-state index contributed by atoms with van der Waals surface area (Å²) in [5.74, 6) is -0.728. The molecule has 0 saturated heterocycles. The van der Waals surface area contributed by atoms with Crippen molar-refractivity contribution < 1.29 is 12.8 Å². The van der Waals surface area contributed by atoms with E-state index in [0.29, 0.717) is 10.4 Å². The van der Waals surface area contributed by atoms with Gasteiger partial charge in [-0.1, -0.05) is 12.1 Å². The van der Waals surface area contributed by atoms with Crippen LogP contribution in [0.4, 0.5) is 4.39 Å². The maximum atomic E-state index is 12.8. The third kappa shape index (κ3) is 2.80. The first-order valence-electron chi connectivity index (χ1n) is 5.27. The van der Waals surface area contributed by atoms with Crippen LogP contribution >= 0.6 is 11.5 Å². The quantitative estimate of drug-likeness (QED) is 0.872. The molecule has 0 N–H and O–H groups in total. The average molecular weight is 296 g/mol. The lowest BCUT2D eigenvalue weighted by atomic mass is 10.2. The van der Waals surface area contributed by atoms with E-state index < -0.39 is 15.7 Å². The Balaban J connectivity index is 2.38. The van der Waals surface area contributed by atoms with Gasteiger partial charge < -0.3 is 0 Å². The average Bonchev–Trinajstić information content (AvgIpc) is 2.74. The van der Waals surface area contributed by atoms with Crippen LogP contribution in [0.15, 0.2) is 29.3 Å². The van der Waals surface area contributed by atoms with Crippen molar-refractivity contribution in [2.24, 2.45) is 0 Å². The molecule has 2 aromatic rings. The monoisotopic (exact) mass is 296 g/mol. The standard InChI is InChI=1S/C12H9FN2O2S2/c1-8-11(6-14)12(15-18-8)19(16,17)7-9-2-4-10(13)5-3-9/h2-5H,7H2,1H3. The van der Waals surface area contributed by atoms with Crippen LogP contribution in [-0.4, -0.2) is 12.8 Å². The largest absolute Gasteiger partial charge is 0.222 e. The number of rotatable bonds is 3. The van der Waals surface area contributed by atoms with Crippen LogP contribution in [0.3, 0.4) is 0 Å². The molecule has 98 valence electrons. The second-order valence-electron chi connectivity index (χ2n) is 3.92. The summed E-state index contributed by atoms with van der Waals surface area (Å²) in [7, 11) is -3.69. The molecule has 0 amide bonds. The number of aromatic nitrogens is 1. The van der Waals surface area contributed by atoms with E-state index in [0.717, 1.165) is 11.5 Å². The lowest BCUT2D eigenvalue weighted by Crippen LogP contribution is -2.07. The minimum Gasteiger partial charge on any atom is -0.222 e. The van der Waals surface area contributed by atoms with Crippen molar-refractivity contribution in [1.29, 1.82) is 5.26 Å². The minimum atomic E-state index is -3.69. The van der Waals surface area contributed by atoms with Gasteiger partial charge in [0.1, 0.15) is 17.4 Å². The van der Waals surface area contributed by atoms with Crippen LogP contribution in [-0.2, 0) is 15.6 Å². The normalized spacial score (nSPS) is 11.2. The van der Waals surface area contributed by atoms with Crippen molar-refractivity contribution >= 4 is 21.4 Å². The summed E-state index contributed by atoms with van der Waals surface area (Å²) >= 11 is 0.984. The van der Waals surface area contributed by atoms with Crippen LogP contribution in [0.2, 0.25) is 0 Å². The van der Waals surface area contributed by atoms with Gasteiger partial charge in [-0.3, -0.25) is 0 Å². The molecule has 0 aliphatic heterocycles. The molecule has 0 aliphatic rings. The van der Waals surface area contributed by atoms with Crippen molar-refractivity contribution in [2.75, 3.05) is 0 Å². The van der Waals surface area contributed by atoms with Crippen molar-refractivity contribution in [3.05, 3.63) is 46.1 Å². The zero-order valence-corrected chi connectivity index (χ0v) is 11.6. The van der Waals surface area contributed by atoms with Gasteiger partial charge in [0.05, 0.1) is 5.75 Å². The Labute approximate surface area is 114 Å². The number of nitrogens with zero attached hydrogens (tertiary/aromatic N) is 2. The summed E-state index contributed by atoms with van der Waals surface area (Å²) in [6, 6.07) is 7.05. The Kier molecular flexibility index (Phi) is 3.64. The molecule has 0 aliphatic carbocycles. The topological polar surface area (TPSA) is 70.8 Å². The molecule has 0 atom stereocenters. The predicted molar refractivity (Wildman–Crippen MR) is 68.9 cm³/mol. The van der Waals surface area contributed by atoms with Crippen molar-refractivity contribution in [3.63, 3.8) is 0 Å². The fraction of sp³-hybridized carbons (Fsp3) is 0.167. The highest BCUT2D eigenvalue weighted by atomic mass is 32.2. The van der Waals surface area contributed by atoms with Crippen LogP contribution in [0.25, 0.3) is 0 Å². The van der Waals surface area contributed by atoms with Gasteiger partial charge in [-0.05, 0) is 36.2 Å². The number of benzene rings is 1. The molecule has 0 spiro atoms. The molecule has 1 heterocycles. The Bertz CT molecular complexity index is 743. The van der Waals surface area contributed by atoms with E-state index in [1.165, 1.54) is 24.3 Å². The maximum Gasteiger partial charge on any atom is 0.202 e. The number of halogens is 1. The zero-order valence-electron chi connectivity index (χ0n) is 9.92. The summed E-state index contributed by atoms with van der Waals surface area (Å²) in [6.07, 6.45) is 0. The van der Waals surface area contributed by atoms with E-state index >= 15 is 0 Å². The van der Waals surface area contributed by atoms with E-state index in [2.05, 4.69) is 4.37 Å². The second-order valence-corrected chi connectivity index (χ2v) is 6.80. The highest BCUT2D eigenvalue weighted by Gasteiger charge is 2.24. The Morgan fingerprint density at radius 3 is 2.58 bits per heavy atom. The first-order valence-corrected chi connectivity index (χ1v) is 7.70. The lowest BCUT2D eigenvalue weighted by molar-refractivity contribution is 0.592. The molecule has 0 unspecified atom stereocenters. The first-order chi connectivity index (χ1) is 8.94. The molecule has 4 nitrogen and oxygen atoms in total. The Morgan fingerprint density at radius 1 is 1.37 bits per heavy atom. The van der Waals surface area contributed by atoms with Crippen molar-refractivity contribution in [1.82, 2.24) is 4.37 Å². The summed E-state index contributed by atoms with van der Waals surface area (Å²) in [4.78, 5) is 0.570. The molecule has 0 fully saturated rings. The highest BCUT2D eigenvalue weighted by Crippen LogP contribution is 2.24. The molecule has 0 saturated carbocycles. The van der Waals surface area contributed by atoms with E-state index in [-0.39, 0.29) is 16.3 Å². The van der Waals surface area contributed by atoms with Gasteiger partial charge in [0.15, 0.2) is 5.03 Å². The summed E-state index contributed by atoms with van der Waals surface area (Å²) < 4.78 is 40.9. The number of nitriles is 1. The maximum absolute atomic E-state index is 12.8. The molecule has 0 radical (unpaired) electrons. The molecular formula is C12H9FN2O2S2. The number of hydrogen-bond donors (Lipinski definition) is 0. The molecule has 0 bridgehead atoms. The summed E-state index contributed by atoms with van der Waals surface area (Å²) in [6.45, 7) is 1.65. The lowest BCUT2D eigenvalue weighted by Gasteiger charge is -2.02. The van der Waals surface area contributed by atoms with Crippen LogP contribution in [0.1, 0.15) is 16.0 Å². The van der Waals surface area contributed by atoms with Crippen molar-refractivity contribution in [2.45, 2.75) is 17.7 Å². The van der Waals surface area contributed by atoms with E-state index in [4.69, 9.17) is 5.26 Å². The van der Waals surface area contributed by atoms with Crippen molar-refractivity contribution in [3.8, 4) is 6.07 Å². The number of hydrogen-bond acceptors (Lipinski definition) is 5. The van der Waals surface area contributed by atoms with Gasteiger partial charge in [0, 0.05) is 4.88 Å². The fourth-order valence-corrected chi connectivity index (χ4v) is 4.01. The van der Waals surface area contributed by atoms with E-state index in [1.54, 1.807) is 6.92 Å². The van der Waals surface area contributed by atoms with E-state index in [1.807, 2.05) is 6.07 Å².